The highest BCUT2D eigenvalue weighted by atomic mass is 16.9. The highest BCUT2D eigenvalue weighted by Gasteiger charge is 2.57. The van der Waals surface area contributed by atoms with E-state index in [1.807, 2.05) is 0 Å². The van der Waals surface area contributed by atoms with Gasteiger partial charge in [-0.05, 0) is 0 Å². The Morgan fingerprint density at radius 1 is 0.750 bits per heavy atom. The van der Waals surface area contributed by atoms with Crippen molar-refractivity contribution in [2.75, 3.05) is 13.2 Å². The third-order valence-electron chi connectivity index (χ3n) is 4.06. The summed E-state index contributed by atoms with van der Waals surface area (Å²) in [5, 5.41) is 86.7. The zero-order chi connectivity index (χ0) is 18.2. The molecule has 0 bridgehead atoms. The average Bonchev–Trinajstić information content (AvgIpc) is 2.57. The fraction of sp³-hybridized carbons (Fsp3) is 1.00. The van der Waals surface area contributed by atoms with E-state index in [9.17, 15) is 35.7 Å². The topological polar surface area (TPSA) is 210 Å². The third-order valence-corrected chi connectivity index (χ3v) is 4.06. The highest BCUT2D eigenvalue weighted by molar-refractivity contribution is 4.94. The van der Waals surface area contributed by atoms with Crippen molar-refractivity contribution in [1.29, 1.82) is 0 Å². The molecule has 10 atom stereocenters. The standard InChI is InChI=1S/C12H22O12/c13-1-3-5(15)7(17)9(19)11(22-3)24-12(21)10(20)8(18)6(16)4(2-14)23-12/h3-11,13-21H,1-2H2/t3-,4-,5-,6-,7+,8+,9-,10-,11-,12+/m1/s1. The summed E-state index contributed by atoms with van der Waals surface area (Å²) in [5.74, 6) is -3.01. The molecule has 2 fully saturated rings. The predicted molar refractivity (Wildman–Crippen MR) is 69.8 cm³/mol. The van der Waals surface area contributed by atoms with E-state index in [4.69, 9.17) is 24.4 Å². The molecule has 0 saturated carbocycles. The van der Waals surface area contributed by atoms with Crippen LogP contribution in [-0.4, -0.2) is 120 Å². The van der Waals surface area contributed by atoms with Gasteiger partial charge in [0.15, 0.2) is 12.4 Å². The first-order valence-electron chi connectivity index (χ1n) is 7.19. The Labute approximate surface area is 135 Å². The second-order valence-electron chi connectivity index (χ2n) is 5.71. The van der Waals surface area contributed by atoms with Crippen molar-refractivity contribution in [3.8, 4) is 0 Å². The van der Waals surface area contributed by atoms with E-state index in [0.717, 1.165) is 0 Å². The summed E-state index contributed by atoms with van der Waals surface area (Å²) >= 11 is 0. The Morgan fingerprint density at radius 2 is 1.29 bits per heavy atom. The van der Waals surface area contributed by atoms with Crippen LogP contribution in [-0.2, 0) is 14.2 Å². The molecular weight excluding hydrogens is 336 g/mol. The lowest BCUT2D eigenvalue weighted by atomic mass is 9.97. The summed E-state index contributed by atoms with van der Waals surface area (Å²) in [6.07, 6.45) is -16.1. The van der Waals surface area contributed by atoms with Crippen LogP contribution in [0.1, 0.15) is 0 Å². The molecule has 0 aromatic rings. The van der Waals surface area contributed by atoms with Gasteiger partial charge in [-0.3, -0.25) is 4.74 Å². The van der Waals surface area contributed by atoms with E-state index in [0.29, 0.717) is 0 Å². The predicted octanol–water partition coefficient (Wildman–Crippen LogP) is -6.08. The van der Waals surface area contributed by atoms with Gasteiger partial charge in [-0.2, -0.15) is 0 Å². The van der Waals surface area contributed by atoms with Gasteiger partial charge < -0.3 is 55.4 Å². The molecule has 24 heavy (non-hydrogen) atoms. The van der Waals surface area contributed by atoms with Crippen LogP contribution >= 0.6 is 0 Å². The minimum absolute atomic E-state index is 0.757. The van der Waals surface area contributed by atoms with E-state index >= 15 is 0 Å². The lowest BCUT2D eigenvalue weighted by Gasteiger charge is -2.48. The van der Waals surface area contributed by atoms with Crippen molar-refractivity contribution in [2.45, 2.75) is 61.1 Å². The molecule has 12 nitrogen and oxygen atoms in total. The SMILES string of the molecule is OC[C@H]1O[C@H](O[C@@]2(O)O[C@H](CO)[C@@H](O)[C@H](O)[C@H]2O)[C@H](O)[C@@H](O)[C@@H]1O. The smallest absolute Gasteiger partial charge is 0.313 e. The molecule has 2 saturated heterocycles. The molecule has 2 heterocycles. The number of rotatable bonds is 4. The Kier molecular flexibility index (Phi) is 6.12. The number of ether oxygens (including phenoxy) is 3. The molecule has 142 valence electrons. The van der Waals surface area contributed by atoms with Crippen LogP contribution in [0.4, 0.5) is 0 Å². The van der Waals surface area contributed by atoms with Crippen LogP contribution in [0.2, 0.25) is 0 Å². The molecule has 2 aliphatic heterocycles. The lowest BCUT2D eigenvalue weighted by Crippen LogP contribution is -2.69. The van der Waals surface area contributed by atoms with Crippen molar-refractivity contribution in [3.05, 3.63) is 0 Å². The van der Waals surface area contributed by atoms with Crippen LogP contribution in [0.3, 0.4) is 0 Å². The summed E-state index contributed by atoms with van der Waals surface area (Å²) in [6.45, 7) is -1.60. The summed E-state index contributed by atoms with van der Waals surface area (Å²) in [4.78, 5) is 0. The van der Waals surface area contributed by atoms with Crippen molar-refractivity contribution in [3.63, 3.8) is 0 Å². The number of aliphatic hydroxyl groups excluding tert-OH is 8. The van der Waals surface area contributed by atoms with Crippen molar-refractivity contribution >= 4 is 0 Å². The fourth-order valence-corrected chi connectivity index (χ4v) is 2.55. The van der Waals surface area contributed by atoms with Gasteiger partial charge in [0.1, 0.15) is 42.7 Å². The normalized spacial score (nSPS) is 53.1. The van der Waals surface area contributed by atoms with Crippen LogP contribution < -0.4 is 0 Å². The van der Waals surface area contributed by atoms with E-state index in [1.165, 1.54) is 0 Å². The second kappa shape index (κ2) is 7.41. The summed E-state index contributed by atoms with van der Waals surface area (Å²) < 4.78 is 14.7. The first-order chi connectivity index (χ1) is 11.2. The van der Waals surface area contributed by atoms with E-state index in [1.54, 1.807) is 0 Å². The fourth-order valence-electron chi connectivity index (χ4n) is 2.55. The Hall–Kier alpha value is -0.480. The zero-order valence-electron chi connectivity index (χ0n) is 12.4. The van der Waals surface area contributed by atoms with Gasteiger partial charge in [0, 0.05) is 0 Å². The zero-order valence-corrected chi connectivity index (χ0v) is 12.4. The summed E-state index contributed by atoms with van der Waals surface area (Å²) in [5.41, 5.74) is 0. The van der Waals surface area contributed by atoms with Gasteiger partial charge in [-0.15, -0.1) is 0 Å². The van der Waals surface area contributed by atoms with Gasteiger partial charge in [-0.1, -0.05) is 0 Å². The minimum Gasteiger partial charge on any atom is -0.394 e. The van der Waals surface area contributed by atoms with Gasteiger partial charge in [0.2, 0.25) is 0 Å². The monoisotopic (exact) mass is 358 g/mol. The maximum Gasteiger partial charge on any atom is 0.313 e. The highest BCUT2D eigenvalue weighted by Crippen LogP contribution is 2.33. The molecular formula is C12H22O12. The first-order valence-corrected chi connectivity index (χ1v) is 7.19. The summed E-state index contributed by atoms with van der Waals surface area (Å²) in [7, 11) is 0. The minimum atomic E-state index is -3.01. The number of aliphatic hydroxyl groups is 9. The van der Waals surface area contributed by atoms with Crippen LogP contribution in [0.15, 0.2) is 0 Å². The van der Waals surface area contributed by atoms with E-state index in [-0.39, 0.29) is 0 Å². The maximum atomic E-state index is 10.2. The van der Waals surface area contributed by atoms with Gasteiger partial charge in [0.05, 0.1) is 13.2 Å². The van der Waals surface area contributed by atoms with E-state index in [2.05, 4.69) is 0 Å². The van der Waals surface area contributed by atoms with Gasteiger partial charge in [0.25, 0.3) is 0 Å². The molecule has 0 amide bonds. The van der Waals surface area contributed by atoms with Crippen LogP contribution in [0, 0.1) is 0 Å². The third kappa shape index (κ3) is 3.41. The maximum absolute atomic E-state index is 10.2. The largest absolute Gasteiger partial charge is 0.394 e. The number of hydrogen-bond donors (Lipinski definition) is 9. The average molecular weight is 358 g/mol. The van der Waals surface area contributed by atoms with Crippen molar-refractivity contribution < 1.29 is 60.2 Å². The molecule has 0 aliphatic carbocycles. The van der Waals surface area contributed by atoms with Crippen LogP contribution in [0.5, 0.6) is 0 Å². The Bertz CT molecular complexity index is 419. The molecule has 2 aliphatic rings. The first kappa shape index (κ1) is 19.8. The van der Waals surface area contributed by atoms with Crippen molar-refractivity contribution in [2.24, 2.45) is 0 Å². The molecule has 12 heteroatoms. The Balaban J connectivity index is 2.18. The molecule has 0 radical (unpaired) electrons. The summed E-state index contributed by atoms with van der Waals surface area (Å²) in [6, 6.07) is 0. The van der Waals surface area contributed by atoms with Crippen molar-refractivity contribution in [1.82, 2.24) is 0 Å². The van der Waals surface area contributed by atoms with Gasteiger partial charge >= 0.3 is 5.97 Å². The van der Waals surface area contributed by atoms with Gasteiger partial charge in [-0.25, -0.2) is 0 Å². The van der Waals surface area contributed by atoms with Crippen LogP contribution in [0.25, 0.3) is 0 Å². The molecule has 0 aromatic heterocycles. The van der Waals surface area contributed by atoms with E-state index < -0.39 is 74.3 Å². The lowest BCUT2D eigenvalue weighted by molar-refractivity contribution is -0.488. The molecule has 9 N–H and O–H groups in total. The number of hydrogen-bond acceptors (Lipinski definition) is 12. The molecule has 0 aromatic carbocycles. The second-order valence-corrected chi connectivity index (χ2v) is 5.71. The Morgan fingerprint density at radius 3 is 1.83 bits per heavy atom. The molecule has 2 rings (SSSR count). The molecule has 0 spiro atoms. The quantitative estimate of drug-likeness (QED) is 0.215. The molecule has 0 unspecified atom stereocenters.